The average molecular weight is 212 g/mol. The molecule has 15 heavy (non-hydrogen) atoms. The standard InChI is InChI=1S/C11H20N2O2/c14-11(10-4-2-1-3-5-10)12-13-6-8-15-9-7-13/h10H,1-9H2,(H,12,14). The largest absolute Gasteiger partial charge is 0.379 e. The van der Waals surface area contributed by atoms with Crippen molar-refractivity contribution in [3.05, 3.63) is 0 Å². The van der Waals surface area contributed by atoms with E-state index in [2.05, 4.69) is 5.43 Å². The van der Waals surface area contributed by atoms with Crippen LogP contribution in [0.15, 0.2) is 0 Å². The highest BCUT2D eigenvalue weighted by Gasteiger charge is 2.23. The number of nitrogens with one attached hydrogen (secondary N) is 1. The molecule has 2 aliphatic rings. The van der Waals surface area contributed by atoms with Gasteiger partial charge in [0.2, 0.25) is 5.91 Å². The molecule has 1 aliphatic carbocycles. The van der Waals surface area contributed by atoms with Crippen LogP contribution in [0.2, 0.25) is 0 Å². The van der Waals surface area contributed by atoms with Crippen LogP contribution in [0, 0.1) is 5.92 Å². The molecule has 1 saturated heterocycles. The number of carbonyl (C=O) groups excluding carboxylic acids is 1. The maximum absolute atomic E-state index is 11.9. The third-order valence-electron chi connectivity index (χ3n) is 3.26. The second-order valence-electron chi connectivity index (χ2n) is 4.41. The van der Waals surface area contributed by atoms with Crippen LogP contribution >= 0.6 is 0 Å². The summed E-state index contributed by atoms with van der Waals surface area (Å²) in [4.78, 5) is 11.9. The Morgan fingerprint density at radius 2 is 1.80 bits per heavy atom. The molecular weight excluding hydrogens is 192 g/mol. The highest BCUT2D eigenvalue weighted by atomic mass is 16.5. The lowest BCUT2D eigenvalue weighted by Gasteiger charge is -2.29. The highest BCUT2D eigenvalue weighted by Crippen LogP contribution is 2.23. The first-order valence-electron chi connectivity index (χ1n) is 5.99. The summed E-state index contributed by atoms with van der Waals surface area (Å²) in [5.41, 5.74) is 3.00. The molecular formula is C11H20N2O2. The van der Waals surface area contributed by atoms with E-state index in [1.807, 2.05) is 5.01 Å². The van der Waals surface area contributed by atoms with Gasteiger partial charge in [-0.25, -0.2) is 5.01 Å². The van der Waals surface area contributed by atoms with Crippen molar-refractivity contribution in [1.29, 1.82) is 0 Å². The summed E-state index contributed by atoms with van der Waals surface area (Å²) in [6.07, 6.45) is 5.84. The lowest BCUT2D eigenvalue weighted by atomic mass is 9.89. The van der Waals surface area contributed by atoms with Gasteiger partial charge in [-0.15, -0.1) is 0 Å². The molecule has 0 atom stereocenters. The second kappa shape index (κ2) is 5.47. The van der Waals surface area contributed by atoms with Gasteiger partial charge in [-0.3, -0.25) is 10.2 Å². The molecule has 0 bridgehead atoms. The van der Waals surface area contributed by atoms with Crippen LogP contribution in [-0.2, 0) is 9.53 Å². The molecule has 1 N–H and O–H groups in total. The predicted molar refractivity (Wildman–Crippen MR) is 57.1 cm³/mol. The maximum atomic E-state index is 11.9. The Kier molecular flexibility index (Phi) is 3.97. The number of ether oxygens (including phenoxy) is 1. The molecule has 2 rings (SSSR count). The fourth-order valence-corrected chi connectivity index (χ4v) is 2.29. The van der Waals surface area contributed by atoms with Gasteiger partial charge in [0.15, 0.2) is 0 Å². The van der Waals surface area contributed by atoms with Crippen molar-refractivity contribution in [2.24, 2.45) is 5.92 Å². The Hall–Kier alpha value is -0.610. The van der Waals surface area contributed by atoms with Crippen LogP contribution in [-0.4, -0.2) is 37.2 Å². The molecule has 86 valence electrons. The van der Waals surface area contributed by atoms with Crippen molar-refractivity contribution in [3.63, 3.8) is 0 Å². The van der Waals surface area contributed by atoms with Crippen molar-refractivity contribution in [2.75, 3.05) is 26.3 Å². The predicted octanol–water partition coefficient (Wildman–Crippen LogP) is 0.930. The normalized spacial score (nSPS) is 25.1. The van der Waals surface area contributed by atoms with Crippen molar-refractivity contribution in [3.8, 4) is 0 Å². The molecule has 2 fully saturated rings. The van der Waals surface area contributed by atoms with Crippen LogP contribution < -0.4 is 5.43 Å². The molecule has 0 aromatic heterocycles. The van der Waals surface area contributed by atoms with Crippen molar-refractivity contribution >= 4 is 5.91 Å². The number of rotatable bonds is 2. The minimum atomic E-state index is 0.219. The lowest BCUT2D eigenvalue weighted by molar-refractivity contribution is -0.133. The minimum Gasteiger partial charge on any atom is -0.379 e. The first-order valence-corrected chi connectivity index (χ1v) is 5.99. The zero-order chi connectivity index (χ0) is 10.5. The quantitative estimate of drug-likeness (QED) is 0.740. The van der Waals surface area contributed by atoms with E-state index in [0.29, 0.717) is 0 Å². The lowest BCUT2D eigenvalue weighted by Crippen LogP contribution is -2.50. The van der Waals surface area contributed by atoms with Gasteiger partial charge >= 0.3 is 0 Å². The van der Waals surface area contributed by atoms with Crippen LogP contribution in [0.1, 0.15) is 32.1 Å². The number of amides is 1. The van der Waals surface area contributed by atoms with Crippen LogP contribution in [0.3, 0.4) is 0 Å². The van der Waals surface area contributed by atoms with E-state index in [1.165, 1.54) is 19.3 Å². The monoisotopic (exact) mass is 212 g/mol. The number of carbonyl (C=O) groups is 1. The van der Waals surface area contributed by atoms with Gasteiger partial charge < -0.3 is 4.74 Å². The molecule has 1 heterocycles. The zero-order valence-electron chi connectivity index (χ0n) is 9.21. The Morgan fingerprint density at radius 1 is 1.13 bits per heavy atom. The van der Waals surface area contributed by atoms with Gasteiger partial charge in [0.1, 0.15) is 0 Å². The van der Waals surface area contributed by atoms with E-state index in [-0.39, 0.29) is 11.8 Å². The molecule has 0 spiro atoms. The Balaban J connectivity index is 1.74. The summed E-state index contributed by atoms with van der Waals surface area (Å²) in [7, 11) is 0. The maximum Gasteiger partial charge on any atom is 0.237 e. The van der Waals surface area contributed by atoms with Crippen LogP contribution in [0.4, 0.5) is 0 Å². The highest BCUT2D eigenvalue weighted by molar-refractivity contribution is 5.78. The SMILES string of the molecule is O=C(NN1CCOCC1)C1CCCCC1. The molecule has 0 unspecified atom stereocenters. The fourth-order valence-electron chi connectivity index (χ4n) is 2.29. The fraction of sp³-hybridized carbons (Fsp3) is 0.909. The summed E-state index contributed by atoms with van der Waals surface area (Å²) in [6.45, 7) is 3.09. The van der Waals surface area contributed by atoms with Gasteiger partial charge in [0.05, 0.1) is 13.2 Å². The summed E-state index contributed by atoms with van der Waals surface area (Å²) < 4.78 is 5.23. The van der Waals surface area contributed by atoms with Crippen molar-refractivity contribution < 1.29 is 9.53 Å². The third-order valence-corrected chi connectivity index (χ3v) is 3.26. The second-order valence-corrected chi connectivity index (χ2v) is 4.41. The molecule has 1 aliphatic heterocycles. The van der Waals surface area contributed by atoms with Crippen LogP contribution in [0.25, 0.3) is 0 Å². The van der Waals surface area contributed by atoms with Crippen molar-refractivity contribution in [1.82, 2.24) is 10.4 Å². The first kappa shape index (κ1) is 10.9. The zero-order valence-corrected chi connectivity index (χ0v) is 9.21. The van der Waals surface area contributed by atoms with E-state index in [9.17, 15) is 4.79 Å². The average Bonchev–Trinajstić information content (AvgIpc) is 2.31. The number of hydrazine groups is 1. The molecule has 1 amide bonds. The molecule has 4 nitrogen and oxygen atoms in total. The van der Waals surface area contributed by atoms with Gasteiger partial charge in [-0.2, -0.15) is 0 Å². The number of hydrogen-bond donors (Lipinski definition) is 1. The number of morpholine rings is 1. The molecule has 4 heteroatoms. The third kappa shape index (κ3) is 3.18. The summed E-state index contributed by atoms with van der Waals surface area (Å²) >= 11 is 0. The van der Waals surface area contributed by atoms with E-state index in [0.717, 1.165) is 39.1 Å². The minimum absolute atomic E-state index is 0.219. The van der Waals surface area contributed by atoms with Crippen LogP contribution in [0.5, 0.6) is 0 Å². The van der Waals surface area contributed by atoms with E-state index >= 15 is 0 Å². The Bertz CT molecular complexity index is 209. The van der Waals surface area contributed by atoms with Gasteiger partial charge in [0, 0.05) is 19.0 Å². The first-order chi connectivity index (χ1) is 7.36. The van der Waals surface area contributed by atoms with Gasteiger partial charge in [0.25, 0.3) is 0 Å². The number of nitrogens with zero attached hydrogens (tertiary/aromatic N) is 1. The molecule has 0 aromatic carbocycles. The molecule has 0 aromatic rings. The topological polar surface area (TPSA) is 41.6 Å². The summed E-state index contributed by atoms with van der Waals surface area (Å²) in [5.74, 6) is 0.471. The Labute approximate surface area is 90.9 Å². The Morgan fingerprint density at radius 3 is 2.47 bits per heavy atom. The summed E-state index contributed by atoms with van der Waals surface area (Å²) in [5, 5.41) is 1.99. The molecule has 1 saturated carbocycles. The van der Waals surface area contributed by atoms with E-state index < -0.39 is 0 Å². The smallest absolute Gasteiger partial charge is 0.237 e. The van der Waals surface area contributed by atoms with E-state index in [1.54, 1.807) is 0 Å². The summed E-state index contributed by atoms with van der Waals surface area (Å²) in [6, 6.07) is 0. The van der Waals surface area contributed by atoms with Gasteiger partial charge in [-0.05, 0) is 12.8 Å². The van der Waals surface area contributed by atoms with E-state index in [4.69, 9.17) is 4.74 Å². The molecule has 0 radical (unpaired) electrons. The van der Waals surface area contributed by atoms with Crippen molar-refractivity contribution in [2.45, 2.75) is 32.1 Å². The number of hydrogen-bond acceptors (Lipinski definition) is 3. The van der Waals surface area contributed by atoms with Gasteiger partial charge in [-0.1, -0.05) is 19.3 Å².